The van der Waals surface area contributed by atoms with Gasteiger partial charge in [0.2, 0.25) is 5.91 Å². The number of thiophene rings is 1. The van der Waals surface area contributed by atoms with Crippen LogP contribution in [0, 0.1) is 0 Å². The quantitative estimate of drug-likeness (QED) is 0.523. The standard InChI is InChI=1S/C25H33NO4S/c1-3-18-6-8-19(9-7-18)17-21(27)12-10-20-11-15-24(28)26(20)16-4-5-22-13-14-23(31-22)25(29)30-2/h6-9,13-14,20-21,27H,3-5,10-12,15-17H2,1-2H3/t20-,21?/m0/s1. The summed E-state index contributed by atoms with van der Waals surface area (Å²) in [7, 11) is 1.39. The lowest BCUT2D eigenvalue weighted by Crippen LogP contribution is -2.34. The number of hydrogen-bond acceptors (Lipinski definition) is 5. The Bertz CT molecular complexity index is 861. The van der Waals surface area contributed by atoms with Gasteiger partial charge in [-0.2, -0.15) is 0 Å². The monoisotopic (exact) mass is 443 g/mol. The molecule has 1 aromatic carbocycles. The predicted molar refractivity (Wildman–Crippen MR) is 123 cm³/mol. The number of likely N-dealkylation sites (tertiary alicyclic amines) is 1. The van der Waals surface area contributed by atoms with Crippen LogP contribution in [0.5, 0.6) is 0 Å². The number of hydrogen-bond donors (Lipinski definition) is 1. The van der Waals surface area contributed by atoms with Crippen molar-refractivity contribution >= 4 is 23.2 Å². The van der Waals surface area contributed by atoms with Crippen molar-refractivity contribution in [1.29, 1.82) is 0 Å². The van der Waals surface area contributed by atoms with E-state index in [1.54, 1.807) is 6.07 Å². The van der Waals surface area contributed by atoms with Gasteiger partial charge < -0.3 is 14.7 Å². The molecule has 2 atom stereocenters. The van der Waals surface area contributed by atoms with E-state index < -0.39 is 0 Å². The predicted octanol–water partition coefficient (Wildman–Crippen LogP) is 4.40. The Kier molecular flexibility index (Phi) is 8.67. The molecule has 1 saturated heterocycles. The number of nitrogens with zero attached hydrogens (tertiary/aromatic N) is 1. The molecule has 1 amide bonds. The number of esters is 1. The number of benzene rings is 1. The van der Waals surface area contributed by atoms with E-state index in [1.165, 1.54) is 24.0 Å². The Morgan fingerprint density at radius 3 is 2.68 bits per heavy atom. The lowest BCUT2D eigenvalue weighted by Gasteiger charge is -2.25. The van der Waals surface area contributed by atoms with Gasteiger partial charge in [0, 0.05) is 23.9 Å². The van der Waals surface area contributed by atoms with Gasteiger partial charge in [-0.25, -0.2) is 4.79 Å². The third-order valence-electron chi connectivity index (χ3n) is 6.06. The van der Waals surface area contributed by atoms with Crippen molar-refractivity contribution in [2.45, 2.75) is 70.4 Å². The maximum atomic E-state index is 12.4. The van der Waals surface area contributed by atoms with Gasteiger partial charge in [0.15, 0.2) is 0 Å². The van der Waals surface area contributed by atoms with Crippen LogP contribution in [-0.4, -0.2) is 47.7 Å². The molecule has 2 aromatic rings. The van der Waals surface area contributed by atoms with Crippen LogP contribution in [0.1, 0.15) is 64.7 Å². The Labute approximate surface area is 189 Å². The number of rotatable bonds is 11. The Hall–Kier alpha value is -2.18. The summed E-state index contributed by atoms with van der Waals surface area (Å²) >= 11 is 1.46. The largest absolute Gasteiger partial charge is 0.465 e. The molecule has 1 N–H and O–H groups in total. The van der Waals surface area contributed by atoms with Crippen molar-refractivity contribution in [1.82, 2.24) is 4.90 Å². The average Bonchev–Trinajstić information content (AvgIpc) is 3.39. The van der Waals surface area contributed by atoms with E-state index in [9.17, 15) is 14.7 Å². The molecule has 1 aromatic heterocycles. The van der Waals surface area contributed by atoms with E-state index in [-0.39, 0.29) is 24.0 Å². The Morgan fingerprint density at radius 1 is 1.23 bits per heavy atom. The topological polar surface area (TPSA) is 66.8 Å². The van der Waals surface area contributed by atoms with Gasteiger partial charge in [-0.15, -0.1) is 11.3 Å². The van der Waals surface area contributed by atoms with Crippen LogP contribution in [0.15, 0.2) is 36.4 Å². The van der Waals surface area contributed by atoms with Crippen LogP contribution < -0.4 is 0 Å². The number of carbonyl (C=O) groups is 2. The van der Waals surface area contributed by atoms with Crippen molar-refractivity contribution in [3.8, 4) is 0 Å². The number of aryl methyl sites for hydroxylation is 2. The smallest absolute Gasteiger partial charge is 0.348 e. The zero-order valence-corrected chi connectivity index (χ0v) is 19.3. The third kappa shape index (κ3) is 6.65. The molecule has 3 rings (SSSR count). The minimum atomic E-state index is -0.382. The zero-order valence-electron chi connectivity index (χ0n) is 18.5. The average molecular weight is 444 g/mol. The second-order valence-electron chi connectivity index (χ2n) is 8.25. The van der Waals surface area contributed by atoms with Crippen LogP contribution >= 0.6 is 11.3 Å². The molecule has 1 unspecified atom stereocenters. The molecule has 31 heavy (non-hydrogen) atoms. The fraction of sp³-hybridized carbons (Fsp3) is 0.520. The summed E-state index contributed by atoms with van der Waals surface area (Å²) in [6, 6.07) is 12.4. The van der Waals surface area contributed by atoms with E-state index in [4.69, 9.17) is 4.74 Å². The third-order valence-corrected chi connectivity index (χ3v) is 7.18. The van der Waals surface area contributed by atoms with Gasteiger partial charge in [-0.05, 0) is 68.2 Å². The molecule has 0 bridgehead atoms. The lowest BCUT2D eigenvalue weighted by atomic mass is 9.99. The summed E-state index contributed by atoms with van der Waals surface area (Å²) < 4.78 is 4.76. The number of ether oxygens (including phenoxy) is 1. The summed E-state index contributed by atoms with van der Waals surface area (Å²) in [6.45, 7) is 2.86. The first-order valence-corrected chi connectivity index (χ1v) is 12.0. The minimum Gasteiger partial charge on any atom is -0.465 e. The summed E-state index contributed by atoms with van der Waals surface area (Å²) in [6.07, 6.45) is 6.03. The molecule has 5 nitrogen and oxygen atoms in total. The van der Waals surface area contributed by atoms with Crippen LogP contribution in [0.2, 0.25) is 0 Å². The second kappa shape index (κ2) is 11.4. The van der Waals surface area contributed by atoms with Crippen LogP contribution in [0.25, 0.3) is 0 Å². The molecule has 1 aliphatic heterocycles. The van der Waals surface area contributed by atoms with E-state index in [1.807, 2.05) is 11.0 Å². The lowest BCUT2D eigenvalue weighted by molar-refractivity contribution is -0.129. The van der Waals surface area contributed by atoms with Gasteiger partial charge in [-0.3, -0.25) is 4.79 Å². The molecule has 0 spiro atoms. The second-order valence-corrected chi connectivity index (χ2v) is 9.41. The van der Waals surface area contributed by atoms with Crippen molar-refractivity contribution in [3.63, 3.8) is 0 Å². The zero-order chi connectivity index (χ0) is 22.2. The summed E-state index contributed by atoms with van der Waals surface area (Å²) in [4.78, 5) is 27.7. The highest BCUT2D eigenvalue weighted by molar-refractivity contribution is 7.13. The molecule has 0 radical (unpaired) electrons. The number of aliphatic hydroxyl groups excluding tert-OH is 1. The highest BCUT2D eigenvalue weighted by atomic mass is 32.1. The first kappa shape index (κ1) is 23.5. The number of amides is 1. The van der Waals surface area contributed by atoms with Crippen molar-refractivity contribution in [2.24, 2.45) is 0 Å². The van der Waals surface area contributed by atoms with Crippen molar-refractivity contribution in [2.75, 3.05) is 13.7 Å². The molecule has 2 heterocycles. The van der Waals surface area contributed by atoms with Crippen molar-refractivity contribution in [3.05, 3.63) is 57.3 Å². The van der Waals surface area contributed by atoms with Gasteiger partial charge in [0.25, 0.3) is 0 Å². The van der Waals surface area contributed by atoms with Gasteiger partial charge >= 0.3 is 5.97 Å². The van der Waals surface area contributed by atoms with Crippen LogP contribution in [0.3, 0.4) is 0 Å². The highest BCUT2D eigenvalue weighted by Crippen LogP contribution is 2.25. The SMILES string of the molecule is CCc1ccc(CC(O)CC[C@H]2CCC(=O)N2CCCc2ccc(C(=O)OC)s2)cc1. The van der Waals surface area contributed by atoms with E-state index >= 15 is 0 Å². The van der Waals surface area contributed by atoms with Gasteiger partial charge in [-0.1, -0.05) is 31.2 Å². The van der Waals surface area contributed by atoms with E-state index in [0.29, 0.717) is 24.1 Å². The number of carbonyl (C=O) groups excluding carboxylic acids is 2. The molecule has 1 aliphatic rings. The molecule has 6 heteroatoms. The molecule has 0 saturated carbocycles. The minimum absolute atomic E-state index is 0.219. The Morgan fingerprint density at radius 2 is 1.97 bits per heavy atom. The van der Waals surface area contributed by atoms with E-state index in [0.717, 1.165) is 49.1 Å². The maximum absolute atomic E-state index is 12.4. The summed E-state index contributed by atoms with van der Waals surface area (Å²) in [5.41, 5.74) is 2.47. The molecular weight excluding hydrogens is 410 g/mol. The molecule has 0 aliphatic carbocycles. The van der Waals surface area contributed by atoms with Crippen LogP contribution in [-0.2, 0) is 28.8 Å². The first-order chi connectivity index (χ1) is 15.0. The maximum Gasteiger partial charge on any atom is 0.348 e. The van der Waals surface area contributed by atoms with Crippen LogP contribution in [0.4, 0.5) is 0 Å². The highest BCUT2D eigenvalue weighted by Gasteiger charge is 2.30. The normalized spacial score (nSPS) is 17.2. The van der Waals surface area contributed by atoms with Gasteiger partial charge in [0.1, 0.15) is 4.88 Å². The fourth-order valence-corrected chi connectivity index (χ4v) is 5.18. The fourth-order valence-electron chi connectivity index (χ4n) is 4.22. The van der Waals surface area contributed by atoms with E-state index in [2.05, 4.69) is 31.2 Å². The number of aliphatic hydroxyl groups is 1. The molecular formula is C25H33NO4S. The first-order valence-electron chi connectivity index (χ1n) is 11.2. The molecule has 168 valence electrons. The summed E-state index contributed by atoms with van der Waals surface area (Å²) in [5.74, 6) is -0.0815. The van der Waals surface area contributed by atoms with Crippen molar-refractivity contribution < 1.29 is 19.4 Å². The molecule has 1 fully saturated rings. The summed E-state index contributed by atoms with van der Waals surface area (Å²) in [5, 5.41) is 10.5. The van der Waals surface area contributed by atoms with Gasteiger partial charge in [0.05, 0.1) is 13.2 Å². The number of methoxy groups -OCH3 is 1. The Balaban J connectivity index is 1.43.